The highest BCUT2D eigenvalue weighted by Crippen LogP contribution is 2.35. The normalized spacial score (nSPS) is 25.1. The van der Waals surface area contributed by atoms with Crippen LogP contribution in [0.1, 0.15) is 38.1 Å². The van der Waals surface area contributed by atoms with Crippen molar-refractivity contribution in [2.75, 3.05) is 26.9 Å². The van der Waals surface area contributed by atoms with E-state index in [0.29, 0.717) is 25.7 Å². The third-order valence-electron chi connectivity index (χ3n) is 5.14. The molecule has 2 aliphatic rings. The van der Waals surface area contributed by atoms with Crippen LogP contribution in [0.3, 0.4) is 0 Å². The summed E-state index contributed by atoms with van der Waals surface area (Å²) in [5.74, 6) is 1.16. The average molecular weight is 476 g/mol. The summed E-state index contributed by atoms with van der Waals surface area (Å²) in [6.45, 7) is 4.00. The number of methoxy groups -OCH3 is 1. The first-order chi connectivity index (χ1) is 12.5. The number of aromatic nitrogens is 2. The molecular weight excluding hydrogens is 451 g/mol. The first-order valence-corrected chi connectivity index (χ1v) is 10.0. The Bertz CT molecular complexity index is 646. The zero-order chi connectivity index (χ0) is 18.7. The molecule has 2 amide bonds. The molecule has 0 aliphatic carbocycles. The van der Waals surface area contributed by atoms with Gasteiger partial charge in [0.15, 0.2) is 0 Å². The van der Waals surface area contributed by atoms with Gasteiger partial charge in [-0.15, -0.1) is 0 Å². The van der Waals surface area contributed by atoms with Crippen LogP contribution in [0.5, 0.6) is 0 Å². The topological polar surface area (TPSA) is 96.5 Å². The van der Waals surface area contributed by atoms with Gasteiger partial charge in [0.1, 0.15) is 15.6 Å². The summed E-state index contributed by atoms with van der Waals surface area (Å²) in [6, 6.07) is -0.698. The minimum Gasteiger partial charge on any atom is -0.453 e. The molecule has 0 saturated carbocycles. The number of imidazole rings is 1. The second-order valence-corrected chi connectivity index (χ2v) is 8.12. The Balaban J connectivity index is 1.82. The van der Waals surface area contributed by atoms with Gasteiger partial charge in [-0.25, -0.2) is 9.78 Å². The van der Waals surface area contributed by atoms with E-state index in [2.05, 4.69) is 44.8 Å². The van der Waals surface area contributed by atoms with Gasteiger partial charge in [0.05, 0.1) is 13.2 Å². The average Bonchev–Trinajstić information content (AvgIpc) is 3.25. The SMILES string of the molecule is COC(=O)N[C@H](C(=O)N1C[C@H](C)C[C@H]1c1nc(I)c[nH]1)C1CCOCC1. The fraction of sp³-hybridized carbons (Fsp3) is 0.706. The highest BCUT2D eigenvalue weighted by atomic mass is 127. The molecule has 2 fully saturated rings. The lowest BCUT2D eigenvalue weighted by atomic mass is 9.90. The number of likely N-dealkylation sites (tertiary alicyclic amines) is 1. The lowest BCUT2D eigenvalue weighted by Gasteiger charge is -2.34. The predicted octanol–water partition coefficient (Wildman–Crippen LogP) is 2.08. The van der Waals surface area contributed by atoms with Gasteiger partial charge in [-0.2, -0.15) is 0 Å². The number of aromatic amines is 1. The molecular formula is C17H25IN4O4. The van der Waals surface area contributed by atoms with Gasteiger partial charge in [0.2, 0.25) is 5.91 Å². The molecule has 0 radical (unpaired) electrons. The Hall–Kier alpha value is -1.36. The van der Waals surface area contributed by atoms with E-state index < -0.39 is 12.1 Å². The molecule has 1 aromatic heterocycles. The minimum atomic E-state index is -0.604. The maximum atomic E-state index is 13.4. The smallest absolute Gasteiger partial charge is 0.407 e. The second kappa shape index (κ2) is 8.55. The summed E-state index contributed by atoms with van der Waals surface area (Å²) >= 11 is 2.15. The molecule has 3 heterocycles. The van der Waals surface area contributed by atoms with E-state index in [1.165, 1.54) is 7.11 Å². The van der Waals surface area contributed by atoms with E-state index in [-0.39, 0.29) is 17.9 Å². The lowest BCUT2D eigenvalue weighted by molar-refractivity contribution is -0.137. The van der Waals surface area contributed by atoms with Gasteiger partial charge in [-0.1, -0.05) is 6.92 Å². The molecule has 8 nitrogen and oxygen atoms in total. The minimum absolute atomic E-state index is 0.0450. The van der Waals surface area contributed by atoms with Crippen molar-refractivity contribution in [1.82, 2.24) is 20.2 Å². The van der Waals surface area contributed by atoms with Crippen LogP contribution in [0.2, 0.25) is 0 Å². The first-order valence-electron chi connectivity index (χ1n) is 8.93. The summed E-state index contributed by atoms with van der Waals surface area (Å²) in [4.78, 5) is 34.8. The number of carbonyl (C=O) groups is 2. The van der Waals surface area contributed by atoms with Crippen molar-refractivity contribution < 1.29 is 19.1 Å². The van der Waals surface area contributed by atoms with Crippen LogP contribution in [0.15, 0.2) is 6.20 Å². The summed E-state index contributed by atoms with van der Waals surface area (Å²) in [5.41, 5.74) is 0. The van der Waals surface area contributed by atoms with Crippen LogP contribution in [-0.2, 0) is 14.3 Å². The maximum Gasteiger partial charge on any atom is 0.407 e. The van der Waals surface area contributed by atoms with Gasteiger partial charge >= 0.3 is 6.09 Å². The number of H-pyrrole nitrogens is 1. The van der Waals surface area contributed by atoms with E-state index in [1.807, 2.05) is 11.1 Å². The van der Waals surface area contributed by atoms with Crippen LogP contribution in [-0.4, -0.2) is 59.8 Å². The summed E-state index contributed by atoms with van der Waals surface area (Å²) in [6.07, 6.45) is 3.60. The van der Waals surface area contributed by atoms with Gasteiger partial charge in [-0.3, -0.25) is 4.79 Å². The largest absolute Gasteiger partial charge is 0.453 e. The number of amides is 2. The Labute approximate surface area is 166 Å². The molecule has 3 atom stereocenters. The zero-order valence-corrected chi connectivity index (χ0v) is 17.2. The Morgan fingerprint density at radius 1 is 1.46 bits per heavy atom. The van der Waals surface area contributed by atoms with Gasteiger partial charge < -0.3 is 24.7 Å². The monoisotopic (exact) mass is 476 g/mol. The van der Waals surface area contributed by atoms with Crippen LogP contribution >= 0.6 is 22.6 Å². The van der Waals surface area contributed by atoms with Gasteiger partial charge in [-0.05, 0) is 53.7 Å². The number of halogens is 1. The van der Waals surface area contributed by atoms with E-state index in [1.54, 1.807) is 0 Å². The highest BCUT2D eigenvalue weighted by Gasteiger charge is 2.41. The molecule has 9 heteroatoms. The van der Waals surface area contributed by atoms with Crippen LogP contribution in [0.25, 0.3) is 0 Å². The Morgan fingerprint density at radius 3 is 2.81 bits per heavy atom. The standard InChI is InChI=1S/C17H25IN4O4/c1-10-7-12(15-19-8-13(18)20-15)22(9-10)16(23)14(21-17(24)25-2)11-3-5-26-6-4-11/h8,10-12,14H,3-7,9H2,1-2H3,(H,19,20)(H,21,24)/t10-,12+,14+/m1/s1. The fourth-order valence-electron chi connectivity index (χ4n) is 3.83. The van der Waals surface area contributed by atoms with Crippen LogP contribution < -0.4 is 5.32 Å². The van der Waals surface area contributed by atoms with Gasteiger partial charge in [0, 0.05) is 26.0 Å². The maximum absolute atomic E-state index is 13.4. The number of nitrogens with one attached hydrogen (secondary N) is 2. The fourth-order valence-corrected chi connectivity index (χ4v) is 4.24. The summed E-state index contributed by atoms with van der Waals surface area (Å²) < 4.78 is 11.0. The lowest BCUT2D eigenvalue weighted by Crippen LogP contribution is -2.53. The number of ether oxygens (including phenoxy) is 2. The highest BCUT2D eigenvalue weighted by molar-refractivity contribution is 14.1. The van der Waals surface area contributed by atoms with Gasteiger partial charge in [0.25, 0.3) is 0 Å². The van der Waals surface area contributed by atoms with E-state index >= 15 is 0 Å². The molecule has 2 N–H and O–H groups in total. The molecule has 2 saturated heterocycles. The molecule has 2 aliphatic heterocycles. The second-order valence-electron chi connectivity index (χ2n) is 7.02. The van der Waals surface area contributed by atoms with Crippen LogP contribution in [0.4, 0.5) is 4.79 Å². The van der Waals surface area contributed by atoms with Crippen molar-refractivity contribution in [2.24, 2.45) is 11.8 Å². The van der Waals surface area contributed by atoms with Crippen molar-refractivity contribution in [3.05, 3.63) is 15.7 Å². The molecule has 1 aromatic rings. The number of rotatable bonds is 4. The molecule has 26 heavy (non-hydrogen) atoms. The molecule has 0 spiro atoms. The zero-order valence-electron chi connectivity index (χ0n) is 15.0. The van der Waals surface area contributed by atoms with E-state index in [4.69, 9.17) is 9.47 Å². The van der Waals surface area contributed by atoms with Crippen molar-refractivity contribution in [1.29, 1.82) is 0 Å². The molecule has 0 unspecified atom stereocenters. The number of carbonyl (C=O) groups excluding carboxylic acids is 2. The van der Waals surface area contributed by atoms with E-state index in [0.717, 1.165) is 28.8 Å². The number of hydrogen-bond acceptors (Lipinski definition) is 5. The summed E-state index contributed by atoms with van der Waals surface area (Å²) in [5, 5.41) is 2.77. The quantitative estimate of drug-likeness (QED) is 0.649. The van der Waals surface area contributed by atoms with Crippen LogP contribution in [0, 0.1) is 15.5 Å². The molecule has 0 aromatic carbocycles. The Morgan fingerprint density at radius 2 is 2.19 bits per heavy atom. The van der Waals surface area contributed by atoms with E-state index in [9.17, 15) is 9.59 Å². The number of nitrogens with zero attached hydrogens (tertiary/aromatic N) is 2. The number of hydrogen-bond donors (Lipinski definition) is 2. The number of alkyl carbamates (subject to hydrolysis) is 1. The van der Waals surface area contributed by atoms with Crippen molar-refractivity contribution in [2.45, 2.75) is 38.3 Å². The Kier molecular flexibility index (Phi) is 6.38. The molecule has 144 valence electrons. The van der Waals surface area contributed by atoms with Crippen molar-refractivity contribution in [3.8, 4) is 0 Å². The molecule has 3 rings (SSSR count). The predicted molar refractivity (Wildman–Crippen MR) is 102 cm³/mol. The summed E-state index contributed by atoms with van der Waals surface area (Å²) in [7, 11) is 1.31. The first kappa shape index (κ1) is 19.4. The third kappa shape index (κ3) is 4.30. The molecule has 0 bridgehead atoms. The van der Waals surface area contributed by atoms with Crippen molar-refractivity contribution in [3.63, 3.8) is 0 Å². The van der Waals surface area contributed by atoms with Crippen molar-refractivity contribution >= 4 is 34.6 Å². The third-order valence-corrected chi connectivity index (χ3v) is 5.69.